The topological polar surface area (TPSA) is 79.2 Å². The third kappa shape index (κ3) is 4.65. The number of amides is 1. The number of nitrogens with zero attached hydrogens (tertiary/aromatic N) is 3. The zero-order chi connectivity index (χ0) is 23.4. The number of carbonyl (C=O) groups is 1. The van der Waals surface area contributed by atoms with Crippen molar-refractivity contribution in [2.45, 2.75) is 52.9 Å². The van der Waals surface area contributed by atoms with Crippen LogP contribution in [0.15, 0.2) is 48.5 Å². The number of nitrogens with one attached hydrogen (secondary N) is 1. The number of ether oxygens (including phenoxy) is 1. The first-order chi connectivity index (χ1) is 16.0. The van der Waals surface area contributed by atoms with Gasteiger partial charge in [0.25, 0.3) is 0 Å². The molecule has 0 bridgehead atoms. The van der Waals surface area contributed by atoms with E-state index in [0.717, 1.165) is 47.4 Å². The number of fused-ring (bicyclic) bond motifs is 1. The molecule has 33 heavy (non-hydrogen) atoms. The number of aromatic nitrogens is 2. The number of carbonyl (C=O) groups excluding carboxylic acids is 1. The van der Waals surface area contributed by atoms with Gasteiger partial charge < -0.3 is 10.1 Å². The quantitative estimate of drug-likeness (QED) is 0.325. The van der Waals surface area contributed by atoms with Crippen LogP contribution in [0, 0.1) is 12.3 Å². The SMILES string of the molecule is CCCCCC(=N)c1nc(-c2ccc(OCC)cc2)nc2c1CC(=O)N2c1ccccc1C. The van der Waals surface area contributed by atoms with Crippen LogP contribution in [-0.4, -0.2) is 28.2 Å². The van der Waals surface area contributed by atoms with Gasteiger partial charge in [0.15, 0.2) is 5.82 Å². The van der Waals surface area contributed by atoms with E-state index in [1.165, 1.54) is 0 Å². The van der Waals surface area contributed by atoms with Gasteiger partial charge in [0.05, 0.1) is 30.1 Å². The second-order valence-electron chi connectivity index (χ2n) is 8.28. The monoisotopic (exact) mass is 442 g/mol. The van der Waals surface area contributed by atoms with Gasteiger partial charge in [-0.05, 0) is 62.6 Å². The third-order valence-corrected chi connectivity index (χ3v) is 5.87. The normalized spacial score (nSPS) is 12.7. The highest BCUT2D eigenvalue weighted by molar-refractivity contribution is 6.10. The van der Waals surface area contributed by atoms with E-state index >= 15 is 0 Å². The predicted molar refractivity (Wildman–Crippen MR) is 132 cm³/mol. The van der Waals surface area contributed by atoms with Crippen molar-refractivity contribution in [1.29, 1.82) is 5.41 Å². The lowest BCUT2D eigenvalue weighted by Gasteiger charge is -2.20. The van der Waals surface area contributed by atoms with Gasteiger partial charge in [-0.25, -0.2) is 9.97 Å². The van der Waals surface area contributed by atoms with Crippen molar-refractivity contribution in [3.63, 3.8) is 0 Å². The number of aryl methyl sites for hydroxylation is 1. The summed E-state index contributed by atoms with van der Waals surface area (Å²) < 4.78 is 5.56. The molecule has 6 nitrogen and oxygen atoms in total. The number of anilines is 2. The molecule has 0 atom stereocenters. The lowest BCUT2D eigenvalue weighted by Crippen LogP contribution is -2.22. The molecule has 6 heteroatoms. The lowest BCUT2D eigenvalue weighted by atomic mass is 10.0. The molecular formula is C27H30N4O2. The molecule has 0 fully saturated rings. The van der Waals surface area contributed by atoms with E-state index in [-0.39, 0.29) is 12.3 Å². The highest BCUT2D eigenvalue weighted by Crippen LogP contribution is 2.38. The molecule has 0 spiro atoms. The number of hydrogen-bond donors (Lipinski definition) is 1. The van der Waals surface area contributed by atoms with Gasteiger partial charge in [-0.3, -0.25) is 9.69 Å². The minimum absolute atomic E-state index is 0.0416. The van der Waals surface area contributed by atoms with Crippen LogP contribution in [0.25, 0.3) is 11.4 Å². The molecule has 1 aromatic heterocycles. The Bertz CT molecular complexity index is 1170. The summed E-state index contributed by atoms with van der Waals surface area (Å²) >= 11 is 0. The number of benzene rings is 2. The van der Waals surface area contributed by atoms with E-state index in [1.54, 1.807) is 4.90 Å². The fraction of sp³-hybridized carbons (Fsp3) is 0.333. The summed E-state index contributed by atoms with van der Waals surface area (Å²) in [6.07, 6.45) is 3.93. The number of rotatable bonds is 9. The van der Waals surface area contributed by atoms with Gasteiger partial charge >= 0.3 is 0 Å². The van der Waals surface area contributed by atoms with Crippen molar-refractivity contribution < 1.29 is 9.53 Å². The molecule has 0 radical (unpaired) electrons. The molecule has 0 saturated carbocycles. The Labute approximate surface area is 195 Å². The lowest BCUT2D eigenvalue weighted by molar-refractivity contribution is -0.116. The van der Waals surface area contributed by atoms with Crippen molar-refractivity contribution in [3.05, 3.63) is 65.4 Å². The Balaban J connectivity index is 1.82. The molecule has 170 valence electrons. The Morgan fingerprint density at radius 3 is 2.52 bits per heavy atom. The molecule has 1 aliphatic heterocycles. The maximum atomic E-state index is 13.2. The first-order valence-electron chi connectivity index (χ1n) is 11.6. The van der Waals surface area contributed by atoms with Gasteiger partial charge in [0.2, 0.25) is 5.91 Å². The summed E-state index contributed by atoms with van der Waals surface area (Å²) in [6, 6.07) is 15.4. The van der Waals surface area contributed by atoms with Crippen molar-refractivity contribution in [3.8, 4) is 17.1 Å². The molecule has 2 heterocycles. The summed E-state index contributed by atoms with van der Waals surface area (Å²) in [5.41, 5.74) is 4.45. The molecule has 4 rings (SSSR count). The van der Waals surface area contributed by atoms with Crippen molar-refractivity contribution >= 4 is 23.1 Å². The van der Waals surface area contributed by atoms with E-state index in [4.69, 9.17) is 20.1 Å². The second-order valence-corrected chi connectivity index (χ2v) is 8.28. The standard InChI is InChI=1S/C27H30N4O2/c1-4-6-7-11-22(28)25-21-17-24(32)31(23-12-9-8-10-18(23)3)27(21)30-26(29-25)19-13-15-20(16-14-19)33-5-2/h8-10,12-16,28H,4-7,11,17H2,1-3H3. The molecule has 0 saturated heterocycles. The molecular weight excluding hydrogens is 412 g/mol. The van der Waals surface area contributed by atoms with E-state index in [2.05, 4.69) is 6.92 Å². The summed E-state index contributed by atoms with van der Waals surface area (Å²) in [6.45, 7) is 6.68. The zero-order valence-electron chi connectivity index (χ0n) is 19.5. The largest absolute Gasteiger partial charge is 0.494 e. The minimum Gasteiger partial charge on any atom is -0.494 e. The van der Waals surface area contributed by atoms with Crippen molar-refractivity contribution in [1.82, 2.24) is 9.97 Å². The Morgan fingerprint density at radius 2 is 1.82 bits per heavy atom. The first kappa shape index (κ1) is 22.6. The average Bonchev–Trinajstić information content (AvgIpc) is 3.15. The van der Waals surface area contributed by atoms with Crippen LogP contribution in [0.2, 0.25) is 0 Å². The van der Waals surface area contributed by atoms with Gasteiger partial charge in [-0.2, -0.15) is 0 Å². The fourth-order valence-corrected chi connectivity index (χ4v) is 4.15. The molecule has 0 unspecified atom stereocenters. The van der Waals surface area contributed by atoms with Crippen LogP contribution in [-0.2, 0) is 11.2 Å². The maximum absolute atomic E-state index is 13.2. The summed E-state index contributed by atoms with van der Waals surface area (Å²) in [7, 11) is 0. The molecule has 0 aliphatic carbocycles. The average molecular weight is 443 g/mol. The Morgan fingerprint density at radius 1 is 1.06 bits per heavy atom. The van der Waals surface area contributed by atoms with Crippen LogP contribution in [0.1, 0.15) is 56.4 Å². The van der Waals surface area contributed by atoms with Crippen LogP contribution in [0.3, 0.4) is 0 Å². The molecule has 1 N–H and O–H groups in total. The van der Waals surface area contributed by atoms with Gasteiger partial charge in [0.1, 0.15) is 11.6 Å². The molecule has 1 aliphatic rings. The highest BCUT2D eigenvalue weighted by Gasteiger charge is 2.35. The molecule has 3 aromatic rings. The van der Waals surface area contributed by atoms with Crippen molar-refractivity contribution in [2.24, 2.45) is 0 Å². The van der Waals surface area contributed by atoms with E-state index in [9.17, 15) is 4.79 Å². The summed E-state index contributed by atoms with van der Waals surface area (Å²) in [5, 5.41) is 8.76. The van der Waals surface area contributed by atoms with E-state index < -0.39 is 0 Å². The van der Waals surface area contributed by atoms with E-state index in [1.807, 2.05) is 62.4 Å². The van der Waals surface area contributed by atoms with Crippen LogP contribution in [0.4, 0.5) is 11.5 Å². The second kappa shape index (κ2) is 9.94. The number of unbranched alkanes of at least 4 members (excludes halogenated alkanes) is 2. The van der Waals surface area contributed by atoms with Gasteiger partial charge in [0, 0.05) is 11.1 Å². The Kier molecular flexibility index (Phi) is 6.82. The van der Waals surface area contributed by atoms with Crippen LogP contribution >= 0.6 is 0 Å². The fourth-order valence-electron chi connectivity index (χ4n) is 4.15. The minimum atomic E-state index is -0.0416. The van der Waals surface area contributed by atoms with Crippen molar-refractivity contribution in [2.75, 3.05) is 11.5 Å². The van der Waals surface area contributed by atoms with Gasteiger partial charge in [-0.1, -0.05) is 38.0 Å². The van der Waals surface area contributed by atoms with Crippen LogP contribution in [0.5, 0.6) is 5.75 Å². The van der Waals surface area contributed by atoms with Gasteiger partial charge in [-0.15, -0.1) is 0 Å². The highest BCUT2D eigenvalue weighted by atomic mass is 16.5. The first-order valence-corrected chi connectivity index (χ1v) is 11.6. The number of hydrogen-bond acceptors (Lipinski definition) is 5. The summed E-state index contributed by atoms with van der Waals surface area (Å²) in [4.78, 5) is 24.5. The van der Waals surface area contributed by atoms with Crippen LogP contribution < -0.4 is 9.64 Å². The maximum Gasteiger partial charge on any atom is 0.237 e. The Hall–Kier alpha value is -3.54. The molecule has 1 amide bonds. The zero-order valence-corrected chi connectivity index (χ0v) is 19.5. The predicted octanol–water partition coefficient (Wildman–Crippen LogP) is 6.02. The molecule has 2 aromatic carbocycles. The number of para-hydroxylation sites is 1. The smallest absolute Gasteiger partial charge is 0.237 e. The third-order valence-electron chi connectivity index (χ3n) is 5.87. The van der Waals surface area contributed by atoms with E-state index in [0.29, 0.717) is 36.1 Å². The summed E-state index contributed by atoms with van der Waals surface area (Å²) in [5.74, 6) is 1.84.